The Morgan fingerprint density at radius 1 is 1.33 bits per heavy atom. The van der Waals surface area contributed by atoms with E-state index in [9.17, 15) is 0 Å². The van der Waals surface area contributed by atoms with Crippen LogP contribution in [0.25, 0.3) is 6.08 Å². The van der Waals surface area contributed by atoms with Gasteiger partial charge in [0.25, 0.3) is 0 Å². The highest BCUT2D eigenvalue weighted by atomic mass is 16.5. The van der Waals surface area contributed by atoms with Crippen LogP contribution in [0.15, 0.2) is 36.4 Å². The predicted molar refractivity (Wildman–Crippen MR) is 76.5 cm³/mol. The molecular formula is C16H23NO. The Labute approximate surface area is 110 Å². The third kappa shape index (κ3) is 3.97. The molecule has 2 unspecified atom stereocenters. The van der Waals surface area contributed by atoms with E-state index in [2.05, 4.69) is 48.7 Å². The summed E-state index contributed by atoms with van der Waals surface area (Å²) in [7, 11) is 0. The van der Waals surface area contributed by atoms with E-state index in [0.29, 0.717) is 12.0 Å². The van der Waals surface area contributed by atoms with Crippen molar-refractivity contribution in [2.45, 2.75) is 25.9 Å². The van der Waals surface area contributed by atoms with Crippen LogP contribution in [0.2, 0.25) is 0 Å². The largest absolute Gasteiger partial charge is 0.378 e. The molecule has 0 bridgehead atoms. The molecule has 0 amide bonds. The fourth-order valence-electron chi connectivity index (χ4n) is 2.49. The summed E-state index contributed by atoms with van der Waals surface area (Å²) in [6.45, 7) is 5.14. The van der Waals surface area contributed by atoms with E-state index in [1.807, 2.05) is 6.07 Å². The molecule has 1 saturated heterocycles. The minimum atomic E-state index is 0.468. The molecule has 1 aliphatic rings. The maximum atomic E-state index is 5.68. The van der Waals surface area contributed by atoms with Gasteiger partial charge in [0, 0.05) is 19.7 Å². The highest BCUT2D eigenvalue weighted by molar-refractivity contribution is 5.48. The van der Waals surface area contributed by atoms with Gasteiger partial charge < -0.3 is 10.1 Å². The lowest BCUT2D eigenvalue weighted by atomic mass is 10.00. The van der Waals surface area contributed by atoms with Crippen molar-refractivity contribution in [3.05, 3.63) is 42.0 Å². The summed E-state index contributed by atoms with van der Waals surface area (Å²) in [5.41, 5.74) is 1.26. The molecule has 1 fully saturated rings. The van der Waals surface area contributed by atoms with E-state index in [1.165, 1.54) is 12.0 Å². The van der Waals surface area contributed by atoms with Gasteiger partial charge in [-0.2, -0.15) is 0 Å². The summed E-state index contributed by atoms with van der Waals surface area (Å²) in [4.78, 5) is 0. The first-order valence-electron chi connectivity index (χ1n) is 6.94. The van der Waals surface area contributed by atoms with Gasteiger partial charge in [0.05, 0.1) is 6.10 Å². The Bertz CT molecular complexity index is 361. The average Bonchev–Trinajstić information content (AvgIpc) is 2.87. The van der Waals surface area contributed by atoms with Crippen LogP contribution in [0, 0.1) is 5.92 Å². The molecule has 1 heterocycles. The lowest BCUT2D eigenvalue weighted by molar-refractivity contribution is 0.0875. The van der Waals surface area contributed by atoms with Crippen LogP contribution in [-0.2, 0) is 4.74 Å². The van der Waals surface area contributed by atoms with Gasteiger partial charge in [0.1, 0.15) is 0 Å². The first kappa shape index (κ1) is 13.3. The SMILES string of the molecule is CCC1OCCC1CNC/C=C/c1ccccc1. The molecule has 1 aromatic rings. The van der Waals surface area contributed by atoms with Gasteiger partial charge in [0.2, 0.25) is 0 Å². The van der Waals surface area contributed by atoms with Gasteiger partial charge in [-0.25, -0.2) is 0 Å². The van der Waals surface area contributed by atoms with Crippen LogP contribution in [0.3, 0.4) is 0 Å². The second-order valence-electron chi connectivity index (χ2n) is 4.84. The Balaban J connectivity index is 1.65. The van der Waals surface area contributed by atoms with Gasteiger partial charge in [-0.3, -0.25) is 0 Å². The maximum Gasteiger partial charge on any atom is 0.0613 e. The normalized spacial score (nSPS) is 23.8. The summed E-state index contributed by atoms with van der Waals surface area (Å²) in [5.74, 6) is 0.695. The molecule has 0 aliphatic carbocycles. The highest BCUT2D eigenvalue weighted by Gasteiger charge is 2.25. The Morgan fingerprint density at radius 3 is 2.94 bits per heavy atom. The molecule has 1 aliphatic heterocycles. The Kier molecular flexibility index (Phi) is 5.43. The third-order valence-electron chi connectivity index (χ3n) is 3.53. The smallest absolute Gasteiger partial charge is 0.0613 e. The van der Waals surface area contributed by atoms with Crippen LogP contribution in [0.1, 0.15) is 25.3 Å². The third-order valence-corrected chi connectivity index (χ3v) is 3.53. The van der Waals surface area contributed by atoms with Gasteiger partial charge in [0.15, 0.2) is 0 Å². The molecule has 0 radical (unpaired) electrons. The lowest BCUT2D eigenvalue weighted by Gasteiger charge is -2.16. The van der Waals surface area contributed by atoms with Crippen molar-refractivity contribution in [3.8, 4) is 0 Å². The summed E-state index contributed by atoms with van der Waals surface area (Å²) in [6, 6.07) is 10.4. The van der Waals surface area contributed by atoms with E-state index in [1.54, 1.807) is 0 Å². The monoisotopic (exact) mass is 245 g/mol. The van der Waals surface area contributed by atoms with Crippen molar-refractivity contribution in [1.82, 2.24) is 5.32 Å². The first-order chi connectivity index (χ1) is 8.90. The summed E-state index contributed by atoms with van der Waals surface area (Å²) >= 11 is 0. The van der Waals surface area contributed by atoms with E-state index < -0.39 is 0 Å². The zero-order chi connectivity index (χ0) is 12.6. The molecule has 1 N–H and O–H groups in total. The summed E-state index contributed by atoms with van der Waals surface area (Å²) in [6.07, 6.45) is 7.15. The quantitative estimate of drug-likeness (QED) is 0.778. The van der Waals surface area contributed by atoms with Crippen LogP contribution in [0.5, 0.6) is 0 Å². The van der Waals surface area contributed by atoms with Crippen molar-refractivity contribution in [1.29, 1.82) is 0 Å². The Morgan fingerprint density at radius 2 is 2.17 bits per heavy atom. The molecule has 18 heavy (non-hydrogen) atoms. The standard InChI is InChI=1S/C16H23NO/c1-2-16-15(10-12-18-16)13-17-11-6-9-14-7-4-3-5-8-14/h3-9,15-17H,2,10-13H2,1H3/b9-6+. The number of ether oxygens (including phenoxy) is 1. The first-order valence-corrected chi connectivity index (χ1v) is 6.94. The zero-order valence-corrected chi connectivity index (χ0v) is 11.1. The summed E-state index contributed by atoms with van der Waals surface area (Å²) in [5, 5.41) is 3.50. The lowest BCUT2D eigenvalue weighted by Crippen LogP contribution is -2.28. The fourth-order valence-corrected chi connectivity index (χ4v) is 2.49. The van der Waals surface area contributed by atoms with E-state index in [-0.39, 0.29) is 0 Å². The molecule has 2 rings (SSSR count). The van der Waals surface area contributed by atoms with Crippen molar-refractivity contribution in [3.63, 3.8) is 0 Å². The van der Waals surface area contributed by atoms with Crippen LogP contribution in [0.4, 0.5) is 0 Å². The summed E-state index contributed by atoms with van der Waals surface area (Å²) < 4.78 is 5.68. The van der Waals surface area contributed by atoms with Crippen molar-refractivity contribution < 1.29 is 4.74 Å². The molecule has 2 heteroatoms. The highest BCUT2D eigenvalue weighted by Crippen LogP contribution is 2.22. The van der Waals surface area contributed by atoms with E-state index in [0.717, 1.165) is 26.1 Å². The molecule has 1 aromatic carbocycles. The molecule has 0 spiro atoms. The second kappa shape index (κ2) is 7.34. The van der Waals surface area contributed by atoms with Crippen LogP contribution >= 0.6 is 0 Å². The van der Waals surface area contributed by atoms with Gasteiger partial charge in [-0.15, -0.1) is 0 Å². The molecule has 98 valence electrons. The molecule has 0 aromatic heterocycles. The number of hydrogen-bond acceptors (Lipinski definition) is 2. The average molecular weight is 245 g/mol. The van der Waals surface area contributed by atoms with Gasteiger partial charge >= 0.3 is 0 Å². The van der Waals surface area contributed by atoms with Crippen molar-refractivity contribution >= 4 is 6.08 Å². The minimum absolute atomic E-state index is 0.468. The fraction of sp³-hybridized carbons (Fsp3) is 0.500. The van der Waals surface area contributed by atoms with Crippen LogP contribution < -0.4 is 5.32 Å². The second-order valence-corrected chi connectivity index (χ2v) is 4.84. The topological polar surface area (TPSA) is 21.3 Å². The number of nitrogens with one attached hydrogen (secondary N) is 1. The molecule has 2 atom stereocenters. The van der Waals surface area contributed by atoms with Gasteiger partial charge in [-0.05, 0) is 24.3 Å². The number of rotatable bonds is 6. The molecular weight excluding hydrogens is 222 g/mol. The van der Waals surface area contributed by atoms with E-state index >= 15 is 0 Å². The minimum Gasteiger partial charge on any atom is -0.378 e. The van der Waals surface area contributed by atoms with E-state index in [4.69, 9.17) is 4.74 Å². The van der Waals surface area contributed by atoms with Crippen molar-refractivity contribution in [2.75, 3.05) is 19.7 Å². The molecule has 2 nitrogen and oxygen atoms in total. The maximum absolute atomic E-state index is 5.68. The number of benzene rings is 1. The number of hydrogen-bond donors (Lipinski definition) is 1. The molecule has 0 saturated carbocycles. The predicted octanol–water partition coefficient (Wildman–Crippen LogP) is 3.10. The zero-order valence-electron chi connectivity index (χ0n) is 11.1. The Hall–Kier alpha value is -1.12. The van der Waals surface area contributed by atoms with Crippen LogP contribution in [-0.4, -0.2) is 25.8 Å². The van der Waals surface area contributed by atoms with Gasteiger partial charge in [-0.1, -0.05) is 49.4 Å². The van der Waals surface area contributed by atoms with Crippen molar-refractivity contribution in [2.24, 2.45) is 5.92 Å².